The molecule has 0 radical (unpaired) electrons. The molecule has 0 aromatic heterocycles. The molecule has 0 saturated heterocycles. The van der Waals surface area contributed by atoms with Crippen molar-refractivity contribution < 1.29 is 43.6 Å². The summed E-state index contributed by atoms with van der Waals surface area (Å²) in [6.07, 6.45) is 0.0760. The van der Waals surface area contributed by atoms with Gasteiger partial charge in [0.1, 0.15) is 22.8 Å². The number of phenols is 1. The van der Waals surface area contributed by atoms with E-state index in [1.807, 2.05) is 0 Å². The van der Waals surface area contributed by atoms with Crippen LogP contribution in [0.1, 0.15) is 17.5 Å². The Bertz CT molecular complexity index is 1630. The highest BCUT2D eigenvalue weighted by Crippen LogP contribution is 2.55. The minimum Gasteiger partial charge on any atom is -0.508 e. The normalized spacial score (nSPS) is 25.3. The maximum atomic E-state index is 14.1. The molecule has 42 heavy (non-hydrogen) atoms. The van der Waals surface area contributed by atoms with Gasteiger partial charge in [-0.1, -0.05) is 6.07 Å². The van der Waals surface area contributed by atoms with Gasteiger partial charge in [0, 0.05) is 43.9 Å². The number of fused-ring (bicyclic) bond motifs is 3. The van der Waals surface area contributed by atoms with Crippen molar-refractivity contribution in [2.45, 2.75) is 24.5 Å². The molecule has 5 N–H and O–H groups in total. The molecule has 0 bridgehead atoms. The molecule has 0 heterocycles. The third-order valence-electron chi connectivity index (χ3n) is 8.62. The summed E-state index contributed by atoms with van der Waals surface area (Å²) in [7, 11) is 7.77. The number of nitrogens with zero attached hydrogens (tertiary/aromatic N) is 2. The summed E-state index contributed by atoms with van der Waals surface area (Å²) in [5, 5.41) is 48.2. The SMILES string of the molecule is CNC(=O)C1=C(O)[C@@]2(O)C(=O)C3=C(O)c4c(O)c(-c5ccc(F)c(F)c5)cc(N(C)C)c4C[C@H]3C[C@H]2[C@H](N(C)C)C1=O. The van der Waals surface area contributed by atoms with Crippen LogP contribution in [0.4, 0.5) is 14.5 Å². The summed E-state index contributed by atoms with van der Waals surface area (Å²) in [5.74, 6) is -9.22. The first-order valence-corrected chi connectivity index (χ1v) is 13.2. The first-order valence-electron chi connectivity index (χ1n) is 13.2. The van der Waals surface area contributed by atoms with Crippen LogP contribution >= 0.6 is 0 Å². The number of aliphatic hydroxyl groups excluding tert-OH is 2. The Morgan fingerprint density at radius 3 is 2.29 bits per heavy atom. The van der Waals surface area contributed by atoms with E-state index in [1.165, 1.54) is 18.0 Å². The second-order valence-electron chi connectivity index (χ2n) is 11.3. The first kappa shape index (κ1) is 29.2. The molecule has 0 aliphatic heterocycles. The summed E-state index contributed by atoms with van der Waals surface area (Å²) >= 11 is 0. The standard InChI is InChI=1S/C30H31F2N3O7/c1-33-29(41)22-26(38)23(35(4)5)16-9-13-8-15-19(34(2)3)11-14(12-6-7-17(31)18(32)10-12)24(36)21(15)25(37)20(13)27(39)30(16,42)28(22)40/h6-7,10-11,13,16,23,36-37,40,42H,8-9H2,1-5H3,(H,33,41)/t13-,16-,23-,30-/m0/s1. The largest absolute Gasteiger partial charge is 0.508 e. The Morgan fingerprint density at radius 2 is 1.71 bits per heavy atom. The Hall–Kier alpha value is -4.29. The van der Waals surface area contributed by atoms with Crippen LogP contribution in [0.25, 0.3) is 16.9 Å². The monoisotopic (exact) mass is 583 g/mol. The number of Topliss-reactive ketones (excluding diaryl/α,β-unsaturated/α-hetero) is 2. The predicted octanol–water partition coefficient (Wildman–Crippen LogP) is 2.24. The van der Waals surface area contributed by atoms with Crippen molar-refractivity contribution in [2.24, 2.45) is 11.8 Å². The number of hydrogen-bond donors (Lipinski definition) is 5. The van der Waals surface area contributed by atoms with Gasteiger partial charge in [0.15, 0.2) is 23.0 Å². The zero-order chi connectivity index (χ0) is 31.0. The summed E-state index contributed by atoms with van der Waals surface area (Å²) in [6, 6.07) is 3.48. The van der Waals surface area contributed by atoms with Crippen molar-refractivity contribution in [3.63, 3.8) is 0 Å². The summed E-state index contributed by atoms with van der Waals surface area (Å²) in [6.45, 7) is 0. The number of ketones is 2. The summed E-state index contributed by atoms with van der Waals surface area (Å²) < 4.78 is 27.8. The van der Waals surface area contributed by atoms with Gasteiger partial charge in [-0.05, 0) is 62.2 Å². The lowest BCUT2D eigenvalue weighted by Gasteiger charge is -2.50. The van der Waals surface area contributed by atoms with E-state index in [0.29, 0.717) is 11.3 Å². The molecule has 0 unspecified atom stereocenters. The zero-order valence-corrected chi connectivity index (χ0v) is 23.6. The molecular weight excluding hydrogens is 552 g/mol. The number of carbonyl (C=O) groups excluding carboxylic acids is 3. The van der Waals surface area contributed by atoms with Crippen molar-refractivity contribution in [3.05, 3.63) is 63.9 Å². The number of anilines is 1. The number of aromatic hydroxyl groups is 1. The molecule has 2 aromatic rings. The molecule has 12 heteroatoms. The fourth-order valence-electron chi connectivity index (χ4n) is 6.68. The average molecular weight is 584 g/mol. The second kappa shape index (κ2) is 9.92. The molecule has 222 valence electrons. The smallest absolute Gasteiger partial charge is 0.258 e. The predicted molar refractivity (Wildman–Crippen MR) is 149 cm³/mol. The molecule has 10 nitrogen and oxygen atoms in total. The maximum Gasteiger partial charge on any atom is 0.258 e. The zero-order valence-electron chi connectivity index (χ0n) is 23.6. The van der Waals surface area contributed by atoms with Crippen molar-refractivity contribution in [1.82, 2.24) is 10.2 Å². The fraction of sp³-hybridized carbons (Fsp3) is 0.367. The van der Waals surface area contributed by atoms with Crippen LogP contribution in [0.15, 0.2) is 41.2 Å². The van der Waals surface area contributed by atoms with Gasteiger partial charge >= 0.3 is 0 Å². The third-order valence-corrected chi connectivity index (χ3v) is 8.62. The van der Waals surface area contributed by atoms with E-state index in [4.69, 9.17) is 0 Å². The Labute approximate surface area is 240 Å². The highest BCUT2D eigenvalue weighted by atomic mass is 19.2. The highest BCUT2D eigenvalue weighted by Gasteiger charge is 2.64. The van der Waals surface area contributed by atoms with E-state index in [0.717, 1.165) is 12.1 Å². The van der Waals surface area contributed by atoms with Gasteiger partial charge in [0.05, 0.1) is 11.6 Å². The number of benzene rings is 2. The van der Waals surface area contributed by atoms with E-state index in [9.17, 15) is 43.6 Å². The van der Waals surface area contributed by atoms with Crippen LogP contribution in [0, 0.1) is 23.5 Å². The van der Waals surface area contributed by atoms with Crippen LogP contribution < -0.4 is 10.2 Å². The van der Waals surface area contributed by atoms with Crippen LogP contribution in [-0.2, 0) is 20.8 Å². The lowest BCUT2D eigenvalue weighted by atomic mass is 9.57. The molecule has 1 fully saturated rings. The van der Waals surface area contributed by atoms with Crippen molar-refractivity contribution in [3.8, 4) is 16.9 Å². The molecule has 0 spiro atoms. The molecule has 3 aliphatic carbocycles. The van der Waals surface area contributed by atoms with Gasteiger partial charge in [-0.25, -0.2) is 8.78 Å². The van der Waals surface area contributed by atoms with E-state index >= 15 is 0 Å². The molecule has 1 saturated carbocycles. The maximum absolute atomic E-state index is 14.1. The first-order chi connectivity index (χ1) is 19.7. The van der Waals surface area contributed by atoms with Gasteiger partial charge in [0.25, 0.3) is 5.91 Å². The lowest BCUT2D eigenvalue weighted by molar-refractivity contribution is -0.153. The van der Waals surface area contributed by atoms with Crippen LogP contribution in [0.5, 0.6) is 5.75 Å². The van der Waals surface area contributed by atoms with E-state index in [1.54, 1.807) is 39.2 Å². The van der Waals surface area contributed by atoms with Gasteiger partial charge in [-0.3, -0.25) is 19.3 Å². The van der Waals surface area contributed by atoms with E-state index in [2.05, 4.69) is 5.32 Å². The van der Waals surface area contributed by atoms with Crippen molar-refractivity contribution in [2.75, 3.05) is 40.1 Å². The molecule has 3 aliphatic rings. The van der Waals surface area contributed by atoms with Gasteiger partial charge in [0.2, 0.25) is 5.78 Å². The summed E-state index contributed by atoms with van der Waals surface area (Å²) in [5.41, 5.74) is -2.73. The van der Waals surface area contributed by atoms with Crippen LogP contribution in [-0.4, -0.2) is 89.7 Å². The van der Waals surface area contributed by atoms with E-state index < -0.39 is 75.4 Å². The summed E-state index contributed by atoms with van der Waals surface area (Å²) in [4.78, 5) is 43.3. The Morgan fingerprint density at radius 1 is 1.05 bits per heavy atom. The number of likely N-dealkylation sites (N-methyl/N-ethyl adjacent to an activating group) is 2. The number of carbonyl (C=O) groups is 3. The highest BCUT2D eigenvalue weighted by molar-refractivity contribution is 6.25. The second-order valence-corrected chi connectivity index (χ2v) is 11.3. The number of nitrogens with one attached hydrogen (secondary N) is 1. The van der Waals surface area contributed by atoms with Crippen molar-refractivity contribution in [1.29, 1.82) is 0 Å². The van der Waals surface area contributed by atoms with Crippen molar-refractivity contribution >= 4 is 28.9 Å². The third kappa shape index (κ3) is 3.92. The number of aliphatic hydroxyl groups is 3. The molecular formula is C30H31F2N3O7. The minimum absolute atomic E-state index is 0.0285. The van der Waals surface area contributed by atoms with Gasteiger partial charge < -0.3 is 30.6 Å². The fourth-order valence-corrected chi connectivity index (χ4v) is 6.68. The molecule has 5 rings (SSSR count). The number of rotatable bonds is 4. The average Bonchev–Trinajstić information content (AvgIpc) is 2.92. The number of phenolic OH excluding ortho intramolecular Hbond substituents is 1. The molecule has 1 amide bonds. The molecule has 4 atom stereocenters. The Kier molecular flexibility index (Phi) is 6.90. The number of amides is 1. The topological polar surface area (TPSA) is 151 Å². The molecule has 2 aromatic carbocycles. The number of hydrogen-bond acceptors (Lipinski definition) is 9. The van der Waals surface area contributed by atoms with Gasteiger partial charge in [-0.2, -0.15) is 0 Å². The number of halogens is 2. The van der Waals surface area contributed by atoms with Crippen LogP contribution in [0.2, 0.25) is 0 Å². The lowest BCUT2D eigenvalue weighted by Crippen LogP contribution is -2.65. The van der Waals surface area contributed by atoms with Crippen LogP contribution in [0.3, 0.4) is 0 Å². The quantitative estimate of drug-likeness (QED) is 0.342. The van der Waals surface area contributed by atoms with E-state index in [-0.39, 0.29) is 35.1 Å². The van der Waals surface area contributed by atoms with Gasteiger partial charge in [-0.15, -0.1) is 0 Å². The minimum atomic E-state index is -2.72. The Balaban J connectivity index is 1.77.